The first-order chi connectivity index (χ1) is 14.5. The number of rotatable bonds is 2. The SMILES string of the molecule is COc1cc2c(cc1OC)[C@H]1C(=NO)c3ccc4c(c3O[C@@H]1CO2)C=CC(C)(C)O4. The van der Waals surface area contributed by atoms with Crippen LogP contribution in [-0.2, 0) is 0 Å². The van der Waals surface area contributed by atoms with Crippen LogP contribution in [0.5, 0.6) is 28.7 Å². The fourth-order valence-electron chi connectivity index (χ4n) is 4.33. The summed E-state index contributed by atoms with van der Waals surface area (Å²) in [7, 11) is 3.16. The van der Waals surface area contributed by atoms with Crippen molar-refractivity contribution in [3.05, 3.63) is 47.0 Å². The molecule has 1 N–H and O–H groups in total. The minimum Gasteiger partial charge on any atom is -0.493 e. The maximum atomic E-state index is 10.0. The highest BCUT2D eigenvalue weighted by Gasteiger charge is 2.44. The highest BCUT2D eigenvalue weighted by Crippen LogP contribution is 2.49. The van der Waals surface area contributed by atoms with E-state index in [1.807, 2.05) is 44.2 Å². The molecule has 2 atom stereocenters. The van der Waals surface area contributed by atoms with E-state index in [1.165, 1.54) is 0 Å². The zero-order chi connectivity index (χ0) is 21.0. The fourth-order valence-corrected chi connectivity index (χ4v) is 4.33. The second-order valence-electron chi connectivity index (χ2n) is 8.07. The summed E-state index contributed by atoms with van der Waals surface area (Å²) in [5.41, 5.74) is 2.53. The van der Waals surface area contributed by atoms with Gasteiger partial charge in [0.25, 0.3) is 0 Å². The molecule has 7 nitrogen and oxygen atoms in total. The third-order valence-electron chi connectivity index (χ3n) is 5.75. The van der Waals surface area contributed by atoms with E-state index < -0.39 is 5.60 Å². The van der Waals surface area contributed by atoms with Crippen molar-refractivity contribution < 1.29 is 28.9 Å². The molecule has 0 aliphatic carbocycles. The second kappa shape index (κ2) is 6.58. The van der Waals surface area contributed by atoms with Crippen molar-refractivity contribution in [1.29, 1.82) is 0 Å². The number of methoxy groups -OCH3 is 2. The van der Waals surface area contributed by atoms with E-state index in [-0.39, 0.29) is 12.0 Å². The molecule has 0 fully saturated rings. The normalized spacial score (nSPS) is 23.7. The van der Waals surface area contributed by atoms with Crippen molar-refractivity contribution in [3.8, 4) is 28.7 Å². The van der Waals surface area contributed by atoms with Gasteiger partial charge in [0.1, 0.15) is 41.3 Å². The number of fused-ring (bicyclic) bond motifs is 6. The van der Waals surface area contributed by atoms with E-state index in [2.05, 4.69) is 5.16 Å². The van der Waals surface area contributed by atoms with Gasteiger partial charge in [0.05, 0.1) is 25.7 Å². The molecule has 3 heterocycles. The summed E-state index contributed by atoms with van der Waals surface area (Å²) in [6.07, 6.45) is 3.63. The number of hydrogen-bond donors (Lipinski definition) is 1. The van der Waals surface area contributed by atoms with Crippen molar-refractivity contribution in [2.24, 2.45) is 5.16 Å². The molecule has 0 aromatic heterocycles. The van der Waals surface area contributed by atoms with Gasteiger partial charge in [-0.15, -0.1) is 0 Å². The van der Waals surface area contributed by atoms with Crippen LogP contribution in [0.2, 0.25) is 0 Å². The minimum atomic E-state index is -0.394. The Morgan fingerprint density at radius 3 is 2.60 bits per heavy atom. The van der Waals surface area contributed by atoms with E-state index in [0.717, 1.165) is 22.4 Å². The smallest absolute Gasteiger partial charge is 0.164 e. The maximum absolute atomic E-state index is 10.0. The van der Waals surface area contributed by atoms with Crippen molar-refractivity contribution in [3.63, 3.8) is 0 Å². The van der Waals surface area contributed by atoms with Crippen molar-refractivity contribution in [2.45, 2.75) is 31.5 Å². The Hall–Kier alpha value is -3.35. The molecule has 30 heavy (non-hydrogen) atoms. The number of nitrogens with zero attached hydrogens (tertiary/aromatic N) is 1. The summed E-state index contributed by atoms with van der Waals surface area (Å²) < 4.78 is 29.3. The van der Waals surface area contributed by atoms with Gasteiger partial charge in [0.2, 0.25) is 0 Å². The van der Waals surface area contributed by atoms with E-state index in [0.29, 0.717) is 35.3 Å². The molecule has 0 spiro atoms. The molecule has 5 rings (SSSR count). The van der Waals surface area contributed by atoms with Gasteiger partial charge in [-0.1, -0.05) is 5.16 Å². The lowest BCUT2D eigenvalue weighted by atomic mass is 9.80. The third kappa shape index (κ3) is 2.69. The molecule has 0 saturated heterocycles. The largest absolute Gasteiger partial charge is 0.493 e. The van der Waals surface area contributed by atoms with Gasteiger partial charge >= 0.3 is 0 Å². The lowest BCUT2D eigenvalue weighted by molar-refractivity contribution is 0.0951. The molecular formula is C23H23NO6. The first-order valence-electron chi connectivity index (χ1n) is 9.78. The van der Waals surface area contributed by atoms with Crippen LogP contribution in [0, 0.1) is 0 Å². The predicted octanol–water partition coefficient (Wildman–Crippen LogP) is 4.00. The van der Waals surface area contributed by atoms with Crippen LogP contribution in [0.3, 0.4) is 0 Å². The van der Waals surface area contributed by atoms with E-state index in [4.69, 9.17) is 23.7 Å². The molecule has 7 heteroatoms. The average Bonchev–Trinajstić information content (AvgIpc) is 2.75. The lowest BCUT2D eigenvalue weighted by Gasteiger charge is -2.40. The van der Waals surface area contributed by atoms with Crippen LogP contribution in [0.25, 0.3) is 6.08 Å². The second-order valence-corrected chi connectivity index (χ2v) is 8.07. The van der Waals surface area contributed by atoms with Crippen LogP contribution >= 0.6 is 0 Å². The molecule has 2 aromatic carbocycles. The number of benzene rings is 2. The number of ether oxygens (including phenoxy) is 5. The van der Waals surface area contributed by atoms with Gasteiger partial charge in [-0.25, -0.2) is 0 Å². The van der Waals surface area contributed by atoms with Gasteiger partial charge in [0, 0.05) is 17.2 Å². The summed E-state index contributed by atoms with van der Waals surface area (Å²) in [6.45, 7) is 4.30. The van der Waals surface area contributed by atoms with Crippen molar-refractivity contribution >= 4 is 11.8 Å². The highest BCUT2D eigenvalue weighted by atomic mass is 16.5. The first kappa shape index (κ1) is 18.7. The van der Waals surface area contributed by atoms with Crippen LogP contribution in [-0.4, -0.2) is 43.5 Å². The quantitative estimate of drug-likeness (QED) is 0.597. The standard InChI is InChI=1S/C23H23NO6/c1-23(2)8-7-12-15(30-23)6-5-13-21(24-25)20-14-9-17(26-3)18(27-4)10-16(14)28-11-19(20)29-22(12)13/h5-10,19-20,25H,11H2,1-4H3/t19-,20-/m1/s1. The van der Waals surface area contributed by atoms with Crippen LogP contribution in [0.15, 0.2) is 35.5 Å². The molecule has 0 radical (unpaired) electrons. The van der Waals surface area contributed by atoms with Gasteiger partial charge in [-0.05, 0) is 44.2 Å². The van der Waals surface area contributed by atoms with Gasteiger partial charge in [-0.3, -0.25) is 0 Å². The molecule has 156 valence electrons. The Kier molecular flexibility index (Phi) is 4.10. The summed E-state index contributed by atoms with van der Waals surface area (Å²) in [5.74, 6) is 2.88. The average molecular weight is 409 g/mol. The third-order valence-corrected chi connectivity index (χ3v) is 5.75. The summed E-state index contributed by atoms with van der Waals surface area (Å²) >= 11 is 0. The molecule has 0 amide bonds. The summed E-state index contributed by atoms with van der Waals surface area (Å²) in [4.78, 5) is 0. The van der Waals surface area contributed by atoms with Crippen LogP contribution in [0.4, 0.5) is 0 Å². The summed E-state index contributed by atoms with van der Waals surface area (Å²) in [6, 6.07) is 7.42. The van der Waals surface area contributed by atoms with Gasteiger partial charge in [0.15, 0.2) is 11.5 Å². The minimum absolute atomic E-state index is 0.311. The Bertz CT molecular complexity index is 1090. The molecule has 0 saturated carbocycles. The highest BCUT2D eigenvalue weighted by molar-refractivity contribution is 6.09. The fraction of sp³-hybridized carbons (Fsp3) is 0.348. The molecule has 2 aromatic rings. The molecule has 3 aliphatic heterocycles. The maximum Gasteiger partial charge on any atom is 0.164 e. The molecular weight excluding hydrogens is 386 g/mol. The first-order valence-corrected chi connectivity index (χ1v) is 9.78. The molecule has 0 bridgehead atoms. The van der Waals surface area contributed by atoms with Crippen LogP contribution in [0.1, 0.15) is 36.5 Å². The van der Waals surface area contributed by atoms with Gasteiger partial charge in [-0.2, -0.15) is 0 Å². The van der Waals surface area contributed by atoms with Crippen molar-refractivity contribution in [2.75, 3.05) is 20.8 Å². The monoisotopic (exact) mass is 409 g/mol. The Morgan fingerprint density at radius 2 is 1.87 bits per heavy atom. The summed E-state index contributed by atoms with van der Waals surface area (Å²) in [5, 5.41) is 13.7. The molecule has 3 aliphatic rings. The Morgan fingerprint density at radius 1 is 1.10 bits per heavy atom. The number of hydrogen-bond acceptors (Lipinski definition) is 7. The Labute approximate surface area is 174 Å². The van der Waals surface area contributed by atoms with E-state index in [9.17, 15) is 5.21 Å². The zero-order valence-electron chi connectivity index (χ0n) is 17.3. The lowest BCUT2D eigenvalue weighted by Crippen LogP contribution is -2.43. The van der Waals surface area contributed by atoms with Crippen molar-refractivity contribution in [1.82, 2.24) is 0 Å². The molecule has 0 unspecified atom stereocenters. The predicted molar refractivity (Wildman–Crippen MR) is 111 cm³/mol. The van der Waals surface area contributed by atoms with E-state index in [1.54, 1.807) is 20.3 Å². The number of oxime groups is 1. The van der Waals surface area contributed by atoms with Gasteiger partial charge < -0.3 is 28.9 Å². The topological polar surface area (TPSA) is 78.7 Å². The van der Waals surface area contributed by atoms with Crippen LogP contribution < -0.4 is 23.7 Å². The zero-order valence-corrected chi connectivity index (χ0v) is 17.3. The Balaban J connectivity index is 1.65. The van der Waals surface area contributed by atoms with E-state index >= 15 is 0 Å².